The molecule has 0 nitrogen and oxygen atoms in total. The summed E-state index contributed by atoms with van der Waals surface area (Å²) in [6.45, 7) is 7.00. The van der Waals surface area contributed by atoms with Crippen LogP contribution < -0.4 is 42.4 Å². The van der Waals surface area contributed by atoms with E-state index in [9.17, 15) is 0 Å². The van der Waals surface area contributed by atoms with Crippen molar-refractivity contribution in [1.29, 1.82) is 0 Å². The second-order valence-corrected chi connectivity index (χ2v) is 9.33. The van der Waals surface area contributed by atoms with Gasteiger partial charge in [0.05, 0.1) is 0 Å². The van der Waals surface area contributed by atoms with Crippen LogP contribution in [0.3, 0.4) is 0 Å². The fourth-order valence-electron chi connectivity index (χ4n) is 3.55. The average Bonchev–Trinajstić information content (AvgIpc) is 2.95. The molecule has 0 saturated carbocycles. The van der Waals surface area contributed by atoms with Crippen LogP contribution in [0.2, 0.25) is 5.04 Å². The van der Waals surface area contributed by atoms with Gasteiger partial charge in [-0.3, -0.25) is 0 Å². The molecule has 1 aliphatic rings. The molecule has 0 aliphatic heterocycles. The molecular weight excluding hydrogens is 423 g/mol. The van der Waals surface area contributed by atoms with Crippen molar-refractivity contribution in [2.75, 3.05) is 0 Å². The van der Waals surface area contributed by atoms with Crippen LogP contribution in [-0.2, 0) is 21.7 Å². The normalized spacial score (nSPS) is 19.5. The van der Waals surface area contributed by atoms with Crippen molar-refractivity contribution in [3.05, 3.63) is 48.1 Å². The van der Waals surface area contributed by atoms with Crippen molar-refractivity contribution in [2.24, 2.45) is 0 Å². The zero-order chi connectivity index (χ0) is 15.1. The Hall–Kier alpha value is 0.631. The molecule has 25 heavy (non-hydrogen) atoms. The molecule has 2 unspecified atom stereocenters. The van der Waals surface area contributed by atoms with Crippen molar-refractivity contribution >= 4 is 14.7 Å². The molecule has 2 atom stereocenters. The zero-order valence-electron chi connectivity index (χ0n) is 15.7. The van der Waals surface area contributed by atoms with E-state index < -0.39 is 0 Å². The Labute approximate surface area is 191 Å². The Balaban J connectivity index is -0.00000121. The number of unbranched alkanes of at least 4 members (excludes halogenated alkanes) is 2. The van der Waals surface area contributed by atoms with Crippen LogP contribution in [0.4, 0.5) is 0 Å². The van der Waals surface area contributed by atoms with Crippen LogP contribution in [0.25, 0.3) is 0 Å². The van der Waals surface area contributed by atoms with Crippen molar-refractivity contribution in [3.8, 4) is 0 Å². The molecule has 0 saturated heterocycles. The van der Waals surface area contributed by atoms with E-state index in [1.54, 1.807) is 10.8 Å². The third-order valence-electron chi connectivity index (χ3n) is 5.13. The summed E-state index contributed by atoms with van der Waals surface area (Å²) in [6.07, 6.45) is 17.5. The standard InChI is InChI=1S/C20H31Si.3ClH.Ti/c1-4-6-8-14-20(15-9-7-10-16-20)21-19-13-11-12-18(19)17(3)5-2;;;;/h7,9-13,15,17H,4-6,8,14,16,21H2,1-3H3;3*1H;/q-1;;;;+4/p-3. The topological polar surface area (TPSA) is 0 Å². The molecule has 0 aromatic heterocycles. The Morgan fingerprint density at radius 3 is 2.44 bits per heavy atom. The Bertz CT molecular complexity index is 499. The summed E-state index contributed by atoms with van der Waals surface area (Å²) in [5.74, 6) is 0.721. The number of allylic oxidation sites excluding steroid dienone is 4. The first-order valence-electron chi connectivity index (χ1n) is 8.79. The summed E-state index contributed by atoms with van der Waals surface area (Å²) in [4.78, 5) is 0. The molecule has 1 aliphatic carbocycles. The van der Waals surface area contributed by atoms with E-state index >= 15 is 0 Å². The van der Waals surface area contributed by atoms with E-state index in [4.69, 9.17) is 0 Å². The third kappa shape index (κ3) is 8.91. The van der Waals surface area contributed by atoms with Crippen molar-refractivity contribution < 1.29 is 58.9 Å². The summed E-state index contributed by atoms with van der Waals surface area (Å²) < 4.78 is 0. The van der Waals surface area contributed by atoms with Crippen LogP contribution in [0, 0.1) is 0 Å². The van der Waals surface area contributed by atoms with Gasteiger partial charge in [-0.25, -0.2) is 12.1 Å². The molecule has 1 aromatic rings. The first-order valence-corrected chi connectivity index (χ1v) is 10.2. The summed E-state index contributed by atoms with van der Waals surface area (Å²) >= 11 is 0. The number of halogens is 3. The van der Waals surface area contributed by atoms with Crippen molar-refractivity contribution in [1.82, 2.24) is 0 Å². The van der Waals surface area contributed by atoms with Gasteiger partial charge in [-0.05, 0) is 23.8 Å². The summed E-state index contributed by atoms with van der Waals surface area (Å²) in [5.41, 5.74) is 1.64. The minimum Gasteiger partial charge on any atom is -1.00 e. The quantitative estimate of drug-likeness (QED) is 0.214. The van der Waals surface area contributed by atoms with Crippen LogP contribution in [0.5, 0.6) is 0 Å². The van der Waals surface area contributed by atoms with Gasteiger partial charge in [0.15, 0.2) is 0 Å². The maximum absolute atomic E-state index is 2.54. The van der Waals surface area contributed by atoms with E-state index in [0.717, 1.165) is 5.92 Å². The van der Waals surface area contributed by atoms with Gasteiger partial charge in [0, 0.05) is 9.52 Å². The van der Waals surface area contributed by atoms with Gasteiger partial charge in [-0.2, -0.15) is 16.8 Å². The summed E-state index contributed by atoms with van der Waals surface area (Å²) in [7, 11) is -0.269. The Morgan fingerprint density at radius 1 is 1.16 bits per heavy atom. The number of hydrogen-bond acceptors (Lipinski definition) is 0. The second-order valence-electron chi connectivity index (χ2n) is 6.80. The van der Waals surface area contributed by atoms with Gasteiger partial charge in [0.2, 0.25) is 0 Å². The molecular formula is C20H31Cl3SiTi. The van der Waals surface area contributed by atoms with E-state index in [-0.39, 0.29) is 68.5 Å². The molecule has 5 heteroatoms. The van der Waals surface area contributed by atoms with Crippen LogP contribution in [0.15, 0.2) is 42.5 Å². The summed E-state index contributed by atoms with van der Waals surface area (Å²) in [5, 5.41) is 2.22. The van der Waals surface area contributed by atoms with Crippen molar-refractivity contribution in [2.45, 2.75) is 70.3 Å². The summed E-state index contributed by atoms with van der Waals surface area (Å²) in [6, 6.07) is 7.08. The second kappa shape index (κ2) is 15.7. The monoisotopic (exact) mass is 452 g/mol. The van der Waals surface area contributed by atoms with Gasteiger partial charge >= 0.3 is 21.7 Å². The molecule has 0 N–H and O–H groups in total. The smallest absolute Gasteiger partial charge is 1.00 e. The van der Waals surface area contributed by atoms with Gasteiger partial charge in [0.25, 0.3) is 0 Å². The first kappa shape index (κ1) is 30.4. The van der Waals surface area contributed by atoms with Gasteiger partial charge in [0.1, 0.15) is 0 Å². The fraction of sp³-hybridized carbons (Fsp3) is 0.550. The van der Waals surface area contributed by atoms with E-state index in [1.165, 1.54) is 38.5 Å². The number of hydrogen-bond donors (Lipinski definition) is 0. The van der Waals surface area contributed by atoms with Gasteiger partial charge < -0.3 is 37.2 Å². The maximum atomic E-state index is 2.54. The predicted molar refractivity (Wildman–Crippen MR) is 98.7 cm³/mol. The molecule has 0 amide bonds. The largest absolute Gasteiger partial charge is 4.00 e. The molecule has 140 valence electrons. The average molecular weight is 454 g/mol. The van der Waals surface area contributed by atoms with Crippen LogP contribution >= 0.6 is 0 Å². The number of rotatable bonds is 8. The third-order valence-corrected chi connectivity index (χ3v) is 7.74. The molecule has 0 fully saturated rings. The van der Waals surface area contributed by atoms with Crippen LogP contribution in [-0.4, -0.2) is 9.52 Å². The molecule has 0 spiro atoms. The maximum Gasteiger partial charge on any atom is 4.00 e. The molecule has 0 bridgehead atoms. The van der Waals surface area contributed by atoms with Gasteiger partial charge in [-0.1, -0.05) is 70.8 Å². The van der Waals surface area contributed by atoms with Gasteiger partial charge in [-0.15, -0.1) is 0 Å². The van der Waals surface area contributed by atoms with Crippen LogP contribution in [0.1, 0.15) is 70.8 Å². The molecule has 0 radical (unpaired) electrons. The minimum atomic E-state index is -0.269. The fourth-order valence-corrected chi connectivity index (χ4v) is 6.23. The SMILES string of the molecule is CCCCCC1([SiH2][c-]2cccc2C(C)CC)C=CC=CC1.[Cl-].[Cl-].[Cl-].[Ti+4]. The Kier molecular flexibility index (Phi) is 19.0. The molecule has 2 rings (SSSR count). The molecule has 0 heterocycles. The Morgan fingerprint density at radius 2 is 1.88 bits per heavy atom. The molecule has 1 aromatic carbocycles. The van der Waals surface area contributed by atoms with Crippen molar-refractivity contribution in [3.63, 3.8) is 0 Å². The van der Waals surface area contributed by atoms with E-state index in [1.807, 2.05) is 0 Å². The van der Waals surface area contributed by atoms with E-state index in [0.29, 0.717) is 5.04 Å². The van der Waals surface area contributed by atoms with E-state index in [2.05, 4.69) is 63.3 Å². The minimum absolute atomic E-state index is 0. The first-order chi connectivity index (χ1) is 10.2. The zero-order valence-corrected chi connectivity index (χ0v) is 20.9. The predicted octanol–water partition coefficient (Wildman–Crippen LogP) is -4.02.